The summed E-state index contributed by atoms with van der Waals surface area (Å²) in [5.74, 6) is 0.535. The van der Waals surface area contributed by atoms with Crippen molar-refractivity contribution in [2.24, 2.45) is 5.92 Å². The first-order valence-corrected chi connectivity index (χ1v) is 4.15. The topological polar surface area (TPSA) is 9.23 Å². The van der Waals surface area contributed by atoms with E-state index in [9.17, 15) is 0 Å². The van der Waals surface area contributed by atoms with Crippen LogP contribution in [0.15, 0.2) is 12.2 Å². The fourth-order valence-corrected chi connectivity index (χ4v) is 0.818. The minimum absolute atomic E-state index is 0.535. The van der Waals surface area contributed by atoms with Crippen molar-refractivity contribution in [2.45, 2.75) is 6.92 Å². The normalized spacial score (nSPS) is 14.6. The molecule has 0 aromatic heterocycles. The lowest BCUT2D eigenvalue weighted by Crippen LogP contribution is -1.98. The Labute approximate surface area is 65.2 Å². The van der Waals surface area contributed by atoms with E-state index in [1.165, 1.54) is 0 Å². The van der Waals surface area contributed by atoms with Gasteiger partial charge in [0, 0.05) is 12.4 Å². The van der Waals surface area contributed by atoms with Crippen molar-refractivity contribution in [3.05, 3.63) is 12.2 Å². The second-order valence-electron chi connectivity index (χ2n) is 2.02. The SMILES string of the molecule is COCC(C)/C=C/CBr. The first kappa shape index (κ1) is 9.18. The maximum atomic E-state index is 4.93. The molecule has 0 saturated carbocycles. The molecule has 0 fully saturated rings. The Hall–Kier alpha value is 0.180. The second-order valence-corrected chi connectivity index (χ2v) is 2.66. The van der Waals surface area contributed by atoms with E-state index in [0.29, 0.717) is 5.92 Å². The molecule has 0 aliphatic carbocycles. The van der Waals surface area contributed by atoms with Gasteiger partial charge in [0.05, 0.1) is 6.61 Å². The van der Waals surface area contributed by atoms with Gasteiger partial charge in [-0.05, 0) is 5.92 Å². The molecule has 0 rings (SSSR count). The zero-order chi connectivity index (χ0) is 7.11. The van der Waals surface area contributed by atoms with Crippen molar-refractivity contribution >= 4 is 15.9 Å². The Morgan fingerprint density at radius 2 is 2.33 bits per heavy atom. The van der Waals surface area contributed by atoms with Gasteiger partial charge < -0.3 is 4.74 Å². The molecular formula is C7H13BrO. The first-order valence-electron chi connectivity index (χ1n) is 3.02. The van der Waals surface area contributed by atoms with E-state index >= 15 is 0 Å². The number of hydrogen-bond donors (Lipinski definition) is 0. The summed E-state index contributed by atoms with van der Waals surface area (Å²) >= 11 is 3.30. The molecule has 9 heavy (non-hydrogen) atoms. The molecule has 1 nitrogen and oxygen atoms in total. The van der Waals surface area contributed by atoms with Crippen molar-refractivity contribution in [2.75, 3.05) is 19.0 Å². The highest BCUT2D eigenvalue weighted by Gasteiger charge is 1.91. The summed E-state index contributed by atoms with van der Waals surface area (Å²) in [6.07, 6.45) is 4.22. The summed E-state index contributed by atoms with van der Waals surface area (Å²) in [6.45, 7) is 2.94. The van der Waals surface area contributed by atoms with Crippen LogP contribution >= 0.6 is 15.9 Å². The van der Waals surface area contributed by atoms with Crippen LogP contribution in [0.3, 0.4) is 0 Å². The van der Waals surface area contributed by atoms with Crippen LogP contribution in [0.25, 0.3) is 0 Å². The lowest BCUT2D eigenvalue weighted by molar-refractivity contribution is 0.176. The largest absolute Gasteiger partial charge is 0.384 e. The summed E-state index contributed by atoms with van der Waals surface area (Å²) in [7, 11) is 1.72. The van der Waals surface area contributed by atoms with Crippen LogP contribution < -0.4 is 0 Å². The van der Waals surface area contributed by atoms with Gasteiger partial charge in [0.25, 0.3) is 0 Å². The quantitative estimate of drug-likeness (QED) is 0.491. The summed E-state index contributed by atoms with van der Waals surface area (Å²) in [5, 5.41) is 0.932. The average molecular weight is 193 g/mol. The zero-order valence-corrected chi connectivity index (χ0v) is 7.52. The zero-order valence-electron chi connectivity index (χ0n) is 5.93. The third kappa shape index (κ3) is 6.06. The molecule has 0 amide bonds. The predicted molar refractivity (Wildman–Crippen MR) is 44.0 cm³/mol. The highest BCUT2D eigenvalue weighted by molar-refractivity contribution is 9.09. The number of ether oxygens (including phenoxy) is 1. The Morgan fingerprint density at radius 1 is 1.67 bits per heavy atom. The number of methoxy groups -OCH3 is 1. The summed E-state index contributed by atoms with van der Waals surface area (Å²) in [4.78, 5) is 0. The monoisotopic (exact) mass is 192 g/mol. The number of halogens is 1. The van der Waals surface area contributed by atoms with Gasteiger partial charge in [-0.2, -0.15) is 0 Å². The highest BCUT2D eigenvalue weighted by atomic mass is 79.9. The van der Waals surface area contributed by atoms with E-state index in [1.807, 2.05) is 0 Å². The van der Waals surface area contributed by atoms with Crippen molar-refractivity contribution < 1.29 is 4.74 Å². The third-order valence-electron chi connectivity index (χ3n) is 0.983. The average Bonchev–Trinajstić information content (AvgIpc) is 1.85. The van der Waals surface area contributed by atoms with Crippen LogP contribution in [0, 0.1) is 5.92 Å². The lowest BCUT2D eigenvalue weighted by Gasteiger charge is -2.01. The Kier molecular flexibility index (Phi) is 6.43. The molecule has 0 aromatic carbocycles. The minimum Gasteiger partial charge on any atom is -0.384 e. The van der Waals surface area contributed by atoms with Gasteiger partial charge in [0.2, 0.25) is 0 Å². The van der Waals surface area contributed by atoms with Crippen molar-refractivity contribution in [3.8, 4) is 0 Å². The van der Waals surface area contributed by atoms with E-state index in [2.05, 4.69) is 35.0 Å². The highest BCUT2D eigenvalue weighted by Crippen LogP contribution is 1.97. The van der Waals surface area contributed by atoms with Gasteiger partial charge in [0.15, 0.2) is 0 Å². The van der Waals surface area contributed by atoms with Gasteiger partial charge in [-0.25, -0.2) is 0 Å². The number of allylic oxidation sites excluding steroid dienone is 1. The molecule has 0 N–H and O–H groups in total. The molecule has 0 bridgehead atoms. The Bertz CT molecular complexity index is 81.0. The smallest absolute Gasteiger partial charge is 0.0522 e. The van der Waals surface area contributed by atoms with Crippen LogP contribution in [0.5, 0.6) is 0 Å². The van der Waals surface area contributed by atoms with Crippen LogP contribution in [0.4, 0.5) is 0 Å². The number of hydrogen-bond acceptors (Lipinski definition) is 1. The van der Waals surface area contributed by atoms with Crippen molar-refractivity contribution in [1.29, 1.82) is 0 Å². The third-order valence-corrected chi connectivity index (χ3v) is 1.36. The van der Waals surface area contributed by atoms with Crippen LogP contribution in [0.2, 0.25) is 0 Å². The molecule has 54 valence electrons. The van der Waals surface area contributed by atoms with Gasteiger partial charge in [-0.15, -0.1) is 0 Å². The predicted octanol–water partition coefficient (Wildman–Crippen LogP) is 2.22. The molecule has 1 atom stereocenters. The van der Waals surface area contributed by atoms with Crippen LogP contribution in [-0.4, -0.2) is 19.0 Å². The van der Waals surface area contributed by atoms with Crippen molar-refractivity contribution in [1.82, 2.24) is 0 Å². The summed E-state index contributed by atoms with van der Waals surface area (Å²) in [5.41, 5.74) is 0. The minimum atomic E-state index is 0.535. The molecule has 0 heterocycles. The van der Waals surface area contributed by atoms with Crippen LogP contribution in [-0.2, 0) is 4.74 Å². The molecule has 0 saturated heterocycles. The molecule has 0 spiro atoms. The molecular weight excluding hydrogens is 180 g/mol. The molecule has 0 radical (unpaired) electrons. The van der Waals surface area contributed by atoms with Gasteiger partial charge in [0.1, 0.15) is 0 Å². The Morgan fingerprint density at radius 3 is 2.78 bits per heavy atom. The molecule has 1 unspecified atom stereocenters. The molecule has 0 aliphatic heterocycles. The molecule has 0 aliphatic rings. The summed E-state index contributed by atoms with van der Waals surface area (Å²) in [6, 6.07) is 0. The lowest BCUT2D eigenvalue weighted by atomic mass is 10.2. The van der Waals surface area contributed by atoms with Gasteiger partial charge in [-0.1, -0.05) is 35.0 Å². The van der Waals surface area contributed by atoms with Gasteiger partial charge >= 0.3 is 0 Å². The van der Waals surface area contributed by atoms with E-state index < -0.39 is 0 Å². The molecule has 2 heteroatoms. The number of rotatable bonds is 4. The summed E-state index contributed by atoms with van der Waals surface area (Å²) < 4.78 is 4.93. The van der Waals surface area contributed by atoms with Crippen molar-refractivity contribution in [3.63, 3.8) is 0 Å². The van der Waals surface area contributed by atoms with Gasteiger partial charge in [-0.3, -0.25) is 0 Å². The van der Waals surface area contributed by atoms with E-state index in [0.717, 1.165) is 11.9 Å². The van der Waals surface area contributed by atoms with Crippen LogP contribution in [0.1, 0.15) is 6.92 Å². The van der Waals surface area contributed by atoms with E-state index in [-0.39, 0.29) is 0 Å². The van der Waals surface area contributed by atoms with E-state index in [4.69, 9.17) is 4.74 Å². The number of alkyl halides is 1. The van der Waals surface area contributed by atoms with E-state index in [1.54, 1.807) is 7.11 Å². The molecule has 0 aromatic rings. The first-order chi connectivity index (χ1) is 4.31. The Balaban J connectivity index is 3.25. The fraction of sp³-hybridized carbons (Fsp3) is 0.714. The maximum absolute atomic E-state index is 4.93. The second kappa shape index (κ2) is 6.30. The maximum Gasteiger partial charge on any atom is 0.0522 e. The standard InChI is InChI=1S/C7H13BrO/c1-7(6-9-2)4-3-5-8/h3-4,7H,5-6H2,1-2H3/b4-3+. The fourth-order valence-electron chi connectivity index (χ4n) is 0.602.